The molecule has 0 fully saturated rings. The molecule has 1 atom stereocenters. The summed E-state index contributed by atoms with van der Waals surface area (Å²) in [5.41, 5.74) is 6.93. The van der Waals surface area contributed by atoms with Gasteiger partial charge in [0.15, 0.2) is 0 Å². The molecule has 194 valence electrons. The predicted octanol–water partition coefficient (Wildman–Crippen LogP) is 6.11. The maximum absolute atomic E-state index is 13.1. The number of anilines is 2. The Bertz CT molecular complexity index is 1140. The van der Waals surface area contributed by atoms with Gasteiger partial charge in [-0.25, -0.2) is 8.42 Å². The van der Waals surface area contributed by atoms with Crippen LogP contribution >= 0.6 is 0 Å². The number of sulfonamides is 1. The van der Waals surface area contributed by atoms with Crippen LogP contribution in [0.4, 0.5) is 24.5 Å². The molecule has 6 nitrogen and oxygen atoms in total. The number of nitrogens with one attached hydrogen (secondary N) is 3. The van der Waals surface area contributed by atoms with Gasteiger partial charge in [0, 0.05) is 5.69 Å². The first-order chi connectivity index (χ1) is 16.0. The second-order valence-electron chi connectivity index (χ2n) is 10.2. The molecule has 0 saturated carbocycles. The SMILES string of the molecule is Cc1cc(C)c(S(=O)(=O)Nc2ccc(NNC(=O)C(F)(F)F)cc2)cc1CCC(C)CC(C)(C)C. The normalized spacial score (nSPS) is 13.3. The van der Waals surface area contributed by atoms with Crippen molar-refractivity contribution in [3.8, 4) is 0 Å². The molecule has 2 aromatic rings. The zero-order valence-electron chi connectivity index (χ0n) is 20.9. The van der Waals surface area contributed by atoms with Gasteiger partial charge in [-0.05, 0) is 91.5 Å². The van der Waals surface area contributed by atoms with Crippen LogP contribution in [0.25, 0.3) is 0 Å². The van der Waals surface area contributed by atoms with Crippen molar-refractivity contribution in [3.05, 3.63) is 53.1 Å². The van der Waals surface area contributed by atoms with Crippen LogP contribution in [-0.4, -0.2) is 20.5 Å². The molecule has 10 heteroatoms. The molecule has 0 saturated heterocycles. The number of carbonyl (C=O) groups is 1. The standard InChI is InChI=1S/C25H34F3N3O3S/c1-16(15-24(4,5)6)7-8-19-14-22(18(3)13-17(19)2)35(33,34)31-21-11-9-20(10-12-21)29-30-23(32)25(26,27)28/h9-14,16,29,31H,7-8,15H2,1-6H3,(H,30,32). The number of alkyl halides is 3. The third kappa shape index (κ3) is 8.76. The third-order valence-electron chi connectivity index (χ3n) is 5.51. The van der Waals surface area contributed by atoms with Gasteiger partial charge >= 0.3 is 12.1 Å². The summed E-state index contributed by atoms with van der Waals surface area (Å²) in [4.78, 5) is 11.1. The Hall–Kier alpha value is -2.75. The highest BCUT2D eigenvalue weighted by Crippen LogP contribution is 2.29. The molecule has 0 aliphatic rings. The van der Waals surface area contributed by atoms with Gasteiger partial charge in [0.1, 0.15) is 0 Å². The van der Waals surface area contributed by atoms with Crippen LogP contribution in [0.15, 0.2) is 41.3 Å². The van der Waals surface area contributed by atoms with Gasteiger partial charge in [0.25, 0.3) is 10.0 Å². The lowest BCUT2D eigenvalue weighted by molar-refractivity contribution is -0.173. The largest absolute Gasteiger partial charge is 0.472 e. The fraction of sp³-hybridized carbons (Fsp3) is 0.480. The second kappa shape index (κ2) is 10.9. The number of halogens is 3. The summed E-state index contributed by atoms with van der Waals surface area (Å²) >= 11 is 0. The average molecular weight is 514 g/mol. The van der Waals surface area contributed by atoms with E-state index in [1.165, 1.54) is 29.7 Å². The van der Waals surface area contributed by atoms with Crippen molar-refractivity contribution in [2.24, 2.45) is 11.3 Å². The molecule has 0 spiro atoms. The smallest absolute Gasteiger partial charge is 0.298 e. The van der Waals surface area contributed by atoms with Crippen molar-refractivity contribution in [2.45, 2.75) is 71.9 Å². The van der Waals surface area contributed by atoms with Crippen LogP contribution < -0.4 is 15.6 Å². The van der Waals surface area contributed by atoms with Gasteiger partial charge in [0.05, 0.1) is 10.6 Å². The molecule has 1 amide bonds. The van der Waals surface area contributed by atoms with E-state index in [2.05, 4.69) is 37.8 Å². The van der Waals surface area contributed by atoms with Crippen LogP contribution in [0.5, 0.6) is 0 Å². The lowest BCUT2D eigenvalue weighted by Gasteiger charge is -2.23. The highest BCUT2D eigenvalue weighted by Gasteiger charge is 2.38. The van der Waals surface area contributed by atoms with Crippen molar-refractivity contribution >= 4 is 27.3 Å². The lowest BCUT2D eigenvalue weighted by atomic mass is 9.83. The summed E-state index contributed by atoms with van der Waals surface area (Å²) in [5, 5.41) is 0. The van der Waals surface area contributed by atoms with E-state index < -0.39 is 22.1 Å². The van der Waals surface area contributed by atoms with Gasteiger partial charge in [-0.1, -0.05) is 33.8 Å². The maximum atomic E-state index is 13.1. The van der Waals surface area contributed by atoms with E-state index in [1.54, 1.807) is 13.0 Å². The van der Waals surface area contributed by atoms with Gasteiger partial charge in [0.2, 0.25) is 0 Å². The van der Waals surface area contributed by atoms with Gasteiger partial charge in [-0.2, -0.15) is 13.2 Å². The number of carbonyl (C=O) groups excluding carboxylic acids is 1. The molecule has 0 aromatic heterocycles. The van der Waals surface area contributed by atoms with E-state index >= 15 is 0 Å². The molecule has 0 heterocycles. The van der Waals surface area contributed by atoms with Crippen LogP contribution in [0.2, 0.25) is 0 Å². The number of hydrogen-bond donors (Lipinski definition) is 3. The predicted molar refractivity (Wildman–Crippen MR) is 133 cm³/mol. The fourth-order valence-corrected chi connectivity index (χ4v) is 5.35. The molecule has 35 heavy (non-hydrogen) atoms. The zero-order chi connectivity index (χ0) is 26.6. The molecule has 0 aliphatic heterocycles. The van der Waals surface area contributed by atoms with E-state index in [0.717, 1.165) is 30.4 Å². The second-order valence-corrected chi connectivity index (χ2v) is 11.9. The molecule has 0 aliphatic carbocycles. The first-order valence-electron chi connectivity index (χ1n) is 11.3. The fourth-order valence-electron chi connectivity index (χ4n) is 4.01. The van der Waals surface area contributed by atoms with Crippen LogP contribution in [0, 0.1) is 25.2 Å². The Morgan fingerprint density at radius 3 is 2.09 bits per heavy atom. The summed E-state index contributed by atoms with van der Waals surface area (Å²) in [7, 11) is -3.90. The first kappa shape index (κ1) is 28.5. The van der Waals surface area contributed by atoms with Crippen LogP contribution in [-0.2, 0) is 21.2 Å². The molecule has 2 rings (SSSR count). The van der Waals surface area contributed by atoms with Crippen LogP contribution in [0.3, 0.4) is 0 Å². The monoisotopic (exact) mass is 513 g/mol. The summed E-state index contributed by atoms with van der Waals surface area (Å²) < 4.78 is 65.6. The minimum absolute atomic E-state index is 0.156. The molecule has 0 bridgehead atoms. The Kier molecular flexibility index (Phi) is 8.86. The molecule has 0 radical (unpaired) electrons. The minimum atomic E-state index is -5.02. The van der Waals surface area contributed by atoms with E-state index in [0.29, 0.717) is 11.5 Å². The Balaban J connectivity index is 2.13. The average Bonchev–Trinajstić information content (AvgIpc) is 2.70. The van der Waals surface area contributed by atoms with Crippen molar-refractivity contribution in [3.63, 3.8) is 0 Å². The topological polar surface area (TPSA) is 87.3 Å². The number of hydrazine groups is 1. The first-order valence-corrected chi connectivity index (χ1v) is 12.8. The third-order valence-corrected chi connectivity index (χ3v) is 7.03. The van der Waals surface area contributed by atoms with Crippen molar-refractivity contribution in [2.75, 3.05) is 10.1 Å². The van der Waals surface area contributed by atoms with E-state index in [-0.39, 0.29) is 21.7 Å². The van der Waals surface area contributed by atoms with Crippen molar-refractivity contribution in [1.82, 2.24) is 5.43 Å². The quantitative estimate of drug-likeness (QED) is 0.353. The summed E-state index contributed by atoms with van der Waals surface area (Å²) in [6.07, 6.45) is -2.21. The zero-order valence-corrected chi connectivity index (χ0v) is 21.7. The van der Waals surface area contributed by atoms with E-state index in [4.69, 9.17) is 0 Å². The van der Waals surface area contributed by atoms with Gasteiger partial charge < -0.3 is 0 Å². The minimum Gasteiger partial charge on any atom is -0.298 e. The lowest BCUT2D eigenvalue weighted by Crippen LogP contribution is -2.40. The van der Waals surface area contributed by atoms with E-state index in [9.17, 15) is 26.4 Å². The Morgan fingerprint density at radius 1 is 0.971 bits per heavy atom. The Labute approximate surface area is 205 Å². The van der Waals surface area contributed by atoms with Crippen molar-refractivity contribution < 1.29 is 26.4 Å². The molecule has 3 N–H and O–H groups in total. The molecule has 1 unspecified atom stereocenters. The number of benzene rings is 2. The number of hydrogen-bond acceptors (Lipinski definition) is 4. The van der Waals surface area contributed by atoms with Gasteiger partial charge in [-0.3, -0.25) is 20.4 Å². The number of aryl methyl sites for hydroxylation is 3. The molecular weight excluding hydrogens is 479 g/mol. The molecular formula is C25H34F3N3O3S. The highest BCUT2D eigenvalue weighted by atomic mass is 32.2. The number of amides is 1. The van der Waals surface area contributed by atoms with E-state index in [1.807, 2.05) is 13.0 Å². The summed E-state index contributed by atoms with van der Waals surface area (Å²) in [6.45, 7) is 12.5. The summed E-state index contributed by atoms with van der Waals surface area (Å²) in [5.74, 6) is -1.64. The van der Waals surface area contributed by atoms with Crippen molar-refractivity contribution in [1.29, 1.82) is 0 Å². The Morgan fingerprint density at radius 2 is 1.54 bits per heavy atom. The maximum Gasteiger partial charge on any atom is 0.472 e. The van der Waals surface area contributed by atoms with Crippen LogP contribution in [0.1, 0.15) is 57.2 Å². The highest BCUT2D eigenvalue weighted by molar-refractivity contribution is 7.92. The summed E-state index contributed by atoms with van der Waals surface area (Å²) in [6, 6.07) is 9.06. The molecule has 2 aromatic carbocycles. The number of rotatable bonds is 9. The van der Waals surface area contributed by atoms with Gasteiger partial charge in [-0.15, -0.1) is 0 Å².